The van der Waals surface area contributed by atoms with Gasteiger partial charge in [-0.2, -0.15) is 0 Å². The van der Waals surface area contributed by atoms with E-state index in [0.717, 1.165) is 18.7 Å². The van der Waals surface area contributed by atoms with Crippen molar-refractivity contribution in [2.24, 2.45) is 0 Å². The highest BCUT2D eigenvalue weighted by molar-refractivity contribution is 5.94. The Morgan fingerprint density at radius 1 is 0.964 bits per heavy atom. The van der Waals surface area contributed by atoms with Crippen molar-refractivity contribution in [3.05, 3.63) is 89.5 Å². The van der Waals surface area contributed by atoms with Gasteiger partial charge >= 0.3 is 0 Å². The predicted molar refractivity (Wildman–Crippen MR) is 110 cm³/mol. The Bertz CT molecular complexity index is 897. The average Bonchev–Trinajstić information content (AvgIpc) is 3.41. The van der Waals surface area contributed by atoms with Crippen molar-refractivity contribution in [2.75, 3.05) is 13.1 Å². The Balaban J connectivity index is 1.31. The molecule has 0 atom stereocenters. The van der Waals surface area contributed by atoms with Gasteiger partial charge in [-0.05, 0) is 54.8 Å². The summed E-state index contributed by atoms with van der Waals surface area (Å²) in [7, 11) is 0. The predicted octanol–water partition coefficient (Wildman–Crippen LogP) is 3.46. The van der Waals surface area contributed by atoms with Gasteiger partial charge in [-0.15, -0.1) is 0 Å². The number of amides is 1. The largest absolute Gasteiger partial charge is 0.348 e. The molecule has 28 heavy (non-hydrogen) atoms. The van der Waals surface area contributed by atoms with Gasteiger partial charge in [-0.1, -0.05) is 36.4 Å². The number of aromatic nitrogens is 2. The molecule has 3 aromatic rings. The number of carbonyl (C=O) groups excluding carboxylic acids is 1. The molecule has 0 unspecified atom stereocenters. The van der Waals surface area contributed by atoms with Gasteiger partial charge in [0.1, 0.15) is 0 Å². The lowest BCUT2D eigenvalue weighted by Gasteiger charge is -2.14. The van der Waals surface area contributed by atoms with Crippen LogP contribution < -0.4 is 5.32 Å². The van der Waals surface area contributed by atoms with Gasteiger partial charge in [-0.25, -0.2) is 4.98 Å². The first-order valence-corrected chi connectivity index (χ1v) is 9.89. The van der Waals surface area contributed by atoms with Crippen LogP contribution in [-0.2, 0) is 19.6 Å². The van der Waals surface area contributed by atoms with Crippen LogP contribution in [0.1, 0.15) is 39.9 Å². The van der Waals surface area contributed by atoms with Crippen molar-refractivity contribution < 1.29 is 4.79 Å². The molecule has 4 rings (SSSR count). The number of nitrogens with zero attached hydrogens (tertiary/aromatic N) is 3. The van der Waals surface area contributed by atoms with E-state index in [1.807, 2.05) is 41.4 Å². The van der Waals surface area contributed by atoms with Crippen LogP contribution >= 0.6 is 0 Å². The molecular weight excluding hydrogens is 348 g/mol. The summed E-state index contributed by atoms with van der Waals surface area (Å²) in [5.41, 5.74) is 4.26. The first-order chi connectivity index (χ1) is 13.8. The van der Waals surface area contributed by atoms with Gasteiger partial charge in [0.15, 0.2) is 0 Å². The van der Waals surface area contributed by atoms with Gasteiger partial charge in [0, 0.05) is 37.6 Å². The van der Waals surface area contributed by atoms with Crippen LogP contribution in [0, 0.1) is 0 Å². The van der Waals surface area contributed by atoms with E-state index in [9.17, 15) is 4.79 Å². The molecule has 1 aromatic heterocycles. The summed E-state index contributed by atoms with van der Waals surface area (Å²) in [6.45, 7) is 4.64. The molecule has 0 bridgehead atoms. The second kappa shape index (κ2) is 8.85. The highest BCUT2D eigenvalue weighted by Crippen LogP contribution is 2.14. The molecule has 1 aliphatic rings. The number of rotatable bonds is 7. The van der Waals surface area contributed by atoms with Crippen molar-refractivity contribution in [1.82, 2.24) is 19.8 Å². The quantitative estimate of drug-likeness (QED) is 0.689. The molecule has 1 amide bonds. The maximum absolute atomic E-state index is 12.5. The van der Waals surface area contributed by atoms with E-state index < -0.39 is 0 Å². The lowest BCUT2D eigenvalue weighted by molar-refractivity contribution is 0.0951. The number of likely N-dealkylation sites (tertiary alicyclic amines) is 1. The molecule has 1 N–H and O–H groups in total. The third-order valence-corrected chi connectivity index (χ3v) is 5.19. The highest BCUT2D eigenvalue weighted by Gasteiger charge is 2.12. The lowest BCUT2D eigenvalue weighted by atomic mass is 10.1. The molecule has 144 valence electrons. The van der Waals surface area contributed by atoms with Gasteiger partial charge in [-0.3, -0.25) is 9.69 Å². The first kappa shape index (κ1) is 18.4. The fourth-order valence-corrected chi connectivity index (χ4v) is 3.67. The number of hydrogen-bond donors (Lipinski definition) is 1. The number of hydrogen-bond acceptors (Lipinski definition) is 3. The number of carbonyl (C=O) groups is 1. The second-order valence-electron chi connectivity index (χ2n) is 7.42. The van der Waals surface area contributed by atoms with E-state index in [-0.39, 0.29) is 5.91 Å². The average molecular weight is 374 g/mol. The van der Waals surface area contributed by atoms with Crippen molar-refractivity contribution in [3.8, 4) is 0 Å². The molecule has 0 radical (unpaired) electrons. The molecule has 0 aliphatic carbocycles. The van der Waals surface area contributed by atoms with Gasteiger partial charge < -0.3 is 9.88 Å². The minimum atomic E-state index is -0.0345. The summed E-state index contributed by atoms with van der Waals surface area (Å²) in [6.07, 6.45) is 8.12. The fourth-order valence-electron chi connectivity index (χ4n) is 3.67. The molecule has 1 saturated heterocycles. The number of benzene rings is 2. The second-order valence-corrected chi connectivity index (χ2v) is 7.42. The Morgan fingerprint density at radius 3 is 2.50 bits per heavy atom. The van der Waals surface area contributed by atoms with Gasteiger partial charge in [0.2, 0.25) is 0 Å². The van der Waals surface area contributed by atoms with Crippen LogP contribution in [0.2, 0.25) is 0 Å². The maximum Gasteiger partial charge on any atom is 0.251 e. The van der Waals surface area contributed by atoms with E-state index in [0.29, 0.717) is 12.1 Å². The molecule has 1 fully saturated rings. The van der Waals surface area contributed by atoms with Crippen LogP contribution in [0.15, 0.2) is 67.3 Å². The Labute approximate surface area is 166 Å². The van der Waals surface area contributed by atoms with Crippen LogP contribution in [0.4, 0.5) is 0 Å². The fraction of sp³-hybridized carbons (Fsp3) is 0.304. The molecule has 1 aliphatic heterocycles. The van der Waals surface area contributed by atoms with Crippen LogP contribution in [-0.4, -0.2) is 33.4 Å². The SMILES string of the molecule is O=C(NCc1cccc(Cn2ccnc2)c1)c1ccc(CN2CCCC2)cc1. The molecule has 0 saturated carbocycles. The van der Waals surface area contributed by atoms with Crippen molar-refractivity contribution in [1.29, 1.82) is 0 Å². The van der Waals surface area contributed by atoms with E-state index in [2.05, 4.69) is 39.5 Å². The monoisotopic (exact) mass is 374 g/mol. The molecule has 5 nitrogen and oxygen atoms in total. The minimum Gasteiger partial charge on any atom is -0.348 e. The van der Waals surface area contributed by atoms with Crippen molar-refractivity contribution in [3.63, 3.8) is 0 Å². The van der Waals surface area contributed by atoms with Crippen LogP contribution in [0.25, 0.3) is 0 Å². The smallest absolute Gasteiger partial charge is 0.251 e. The van der Waals surface area contributed by atoms with Gasteiger partial charge in [0.05, 0.1) is 6.33 Å². The summed E-state index contributed by atoms with van der Waals surface area (Å²) < 4.78 is 2.03. The zero-order chi connectivity index (χ0) is 19.2. The summed E-state index contributed by atoms with van der Waals surface area (Å²) in [5, 5.41) is 3.03. The molecule has 5 heteroatoms. The van der Waals surface area contributed by atoms with Crippen molar-refractivity contribution in [2.45, 2.75) is 32.5 Å². The first-order valence-electron chi connectivity index (χ1n) is 9.89. The summed E-state index contributed by atoms with van der Waals surface area (Å²) >= 11 is 0. The third-order valence-electron chi connectivity index (χ3n) is 5.19. The Kier molecular flexibility index (Phi) is 5.83. The summed E-state index contributed by atoms with van der Waals surface area (Å²) in [5.74, 6) is -0.0345. The Hall–Kier alpha value is -2.92. The number of imidazole rings is 1. The molecular formula is C23H26N4O. The lowest BCUT2D eigenvalue weighted by Crippen LogP contribution is -2.23. The maximum atomic E-state index is 12.5. The van der Waals surface area contributed by atoms with Crippen LogP contribution in [0.3, 0.4) is 0 Å². The zero-order valence-corrected chi connectivity index (χ0v) is 16.1. The van der Waals surface area contributed by atoms with Crippen LogP contribution in [0.5, 0.6) is 0 Å². The third kappa shape index (κ3) is 4.87. The van der Waals surface area contributed by atoms with E-state index in [4.69, 9.17) is 0 Å². The highest BCUT2D eigenvalue weighted by atomic mass is 16.1. The normalized spacial score (nSPS) is 14.3. The number of nitrogens with one attached hydrogen (secondary N) is 1. The molecule has 2 aromatic carbocycles. The standard InChI is InChI=1S/C23H26N4O/c28-23(22-8-6-19(7-9-22)16-26-11-1-2-12-26)25-15-20-4-3-5-21(14-20)17-27-13-10-24-18-27/h3-10,13-14,18H,1-2,11-12,15-17H2,(H,25,28). The minimum absolute atomic E-state index is 0.0345. The molecule has 2 heterocycles. The van der Waals surface area contributed by atoms with E-state index in [1.54, 1.807) is 6.20 Å². The zero-order valence-electron chi connectivity index (χ0n) is 16.1. The summed E-state index contributed by atoms with van der Waals surface area (Å²) in [6, 6.07) is 16.3. The Morgan fingerprint density at radius 2 is 1.75 bits per heavy atom. The van der Waals surface area contributed by atoms with E-state index >= 15 is 0 Å². The van der Waals surface area contributed by atoms with Crippen molar-refractivity contribution >= 4 is 5.91 Å². The van der Waals surface area contributed by atoms with Gasteiger partial charge in [0.25, 0.3) is 5.91 Å². The van der Waals surface area contributed by atoms with E-state index in [1.165, 1.54) is 37.1 Å². The summed E-state index contributed by atoms with van der Waals surface area (Å²) in [4.78, 5) is 19.0. The molecule has 0 spiro atoms. The topological polar surface area (TPSA) is 50.2 Å².